The van der Waals surface area contributed by atoms with E-state index in [1.807, 2.05) is 0 Å². The summed E-state index contributed by atoms with van der Waals surface area (Å²) in [4.78, 5) is 36.2. The van der Waals surface area contributed by atoms with Gasteiger partial charge in [0.05, 0.1) is 23.1 Å². The zero-order valence-corrected chi connectivity index (χ0v) is 18.8. The first-order chi connectivity index (χ1) is 15.8. The summed E-state index contributed by atoms with van der Waals surface area (Å²) in [6.45, 7) is 0.737. The van der Waals surface area contributed by atoms with Crippen LogP contribution in [0.1, 0.15) is 32.1 Å². The maximum absolute atomic E-state index is 12.6. The number of hydrogen-bond acceptors (Lipinski definition) is 8. The molecule has 12 heteroatoms. The van der Waals surface area contributed by atoms with E-state index in [4.69, 9.17) is 9.94 Å². The summed E-state index contributed by atoms with van der Waals surface area (Å²) in [5, 5.41) is 18.6. The van der Waals surface area contributed by atoms with E-state index in [1.165, 1.54) is 12.1 Å². The van der Waals surface area contributed by atoms with E-state index >= 15 is 0 Å². The fourth-order valence-electron chi connectivity index (χ4n) is 3.40. The van der Waals surface area contributed by atoms with Crippen LogP contribution in [0.25, 0.3) is 0 Å². The highest BCUT2D eigenvalue weighted by molar-refractivity contribution is 7.91. The van der Waals surface area contributed by atoms with Crippen LogP contribution in [0.15, 0.2) is 52.8 Å². The number of oxime groups is 1. The molecule has 1 amide bonds. The summed E-state index contributed by atoms with van der Waals surface area (Å²) in [6, 6.07) is 6.59. The molecule has 1 aliphatic heterocycles. The van der Waals surface area contributed by atoms with E-state index in [0.717, 1.165) is 19.4 Å². The van der Waals surface area contributed by atoms with Crippen molar-refractivity contribution in [3.8, 4) is 0 Å². The average Bonchev–Trinajstić information content (AvgIpc) is 3.45. The molecule has 0 fully saturated rings. The number of carboxylic acids is 1. The third kappa shape index (κ3) is 7.59. The maximum Gasteiger partial charge on any atom is 0.305 e. The summed E-state index contributed by atoms with van der Waals surface area (Å²) < 4.78 is 25.2. The molecule has 0 radical (unpaired) electrons. The number of anilines is 1. The predicted octanol–water partition coefficient (Wildman–Crippen LogP) is 1.57. The number of unbranched alkanes of at least 4 members (excludes halogenated alkanes) is 1. The minimum absolute atomic E-state index is 0.0674. The third-order valence-corrected chi connectivity index (χ3v) is 6.85. The molecule has 0 saturated carbocycles. The number of nitrogens with one attached hydrogen (secondary N) is 3. The van der Waals surface area contributed by atoms with Gasteiger partial charge in [-0.2, -0.15) is 0 Å². The van der Waals surface area contributed by atoms with Crippen LogP contribution >= 0.6 is 0 Å². The standard InChI is InChI=1S/C21H27N5O6S/c27-19(28)12-15(14-33(30,31)17-7-2-1-3-8-17)25-20(29)18-13-16(32-26-18)6-4-5-9-22-21-23-10-11-24-21/h1-3,7-8,10-11,15-16H,4-6,9,12-14H2,(H,25,29)(H,27,28)(H2,22,23,24). The lowest BCUT2D eigenvalue weighted by molar-refractivity contribution is -0.137. The van der Waals surface area contributed by atoms with Gasteiger partial charge in [-0.1, -0.05) is 23.4 Å². The van der Waals surface area contributed by atoms with Gasteiger partial charge in [0.25, 0.3) is 5.91 Å². The van der Waals surface area contributed by atoms with Crippen molar-refractivity contribution in [1.82, 2.24) is 15.3 Å². The predicted molar refractivity (Wildman–Crippen MR) is 121 cm³/mol. The number of nitrogens with zero attached hydrogens (tertiary/aromatic N) is 2. The number of aliphatic carboxylic acids is 1. The van der Waals surface area contributed by atoms with Crippen molar-refractivity contribution in [3.05, 3.63) is 42.7 Å². The van der Waals surface area contributed by atoms with Gasteiger partial charge in [-0.3, -0.25) is 9.59 Å². The lowest BCUT2D eigenvalue weighted by Gasteiger charge is -2.17. The number of carbonyl (C=O) groups excluding carboxylic acids is 1. The summed E-state index contributed by atoms with van der Waals surface area (Å²) in [7, 11) is -3.78. The number of amides is 1. The minimum atomic E-state index is -3.78. The highest BCUT2D eigenvalue weighted by Gasteiger charge is 2.30. The molecule has 0 saturated heterocycles. The Hall–Kier alpha value is -3.41. The van der Waals surface area contributed by atoms with Gasteiger partial charge in [-0.25, -0.2) is 13.4 Å². The number of benzene rings is 1. The van der Waals surface area contributed by atoms with Gasteiger partial charge >= 0.3 is 5.97 Å². The zero-order chi connectivity index (χ0) is 23.7. The Bertz CT molecular complexity index is 1060. The third-order valence-electron chi connectivity index (χ3n) is 5.02. The molecule has 1 aromatic heterocycles. The number of imidazole rings is 1. The lowest BCUT2D eigenvalue weighted by atomic mass is 10.1. The second-order valence-corrected chi connectivity index (χ2v) is 9.73. The van der Waals surface area contributed by atoms with E-state index in [2.05, 4.69) is 25.8 Å². The van der Waals surface area contributed by atoms with Crippen molar-refractivity contribution in [2.45, 2.75) is 49.1 Å². The highest BCUT2D eigenvalue weighted by Crippen LogP contribution is 2.18. The molecular weight excluding hydrogens is 450 g/mol. The van der Waals surface area contributed by atoms with Crippen molar-refractivity contribution >= 4 is 33.4 Å². The smallest absolute Gasteiger partial charge is 0.305 e. The van der Waals surface area contributed by atoms with E-state index in [1.54, 1.807) is 30.6 Å². The van der Waals surface area contributed by atoms with Crippen molar-refractivity contribution < 1.29 is 28.0 Å². The highest BCUT2D eigenvalue weighted by atomic mass is 32.2. The molecule has 1 aliphatic rings. The molecule has 0 aliphatic carbocycles. The SMILES string of the molecule is O=C(O)CC(CS(=O)(=O)c1ccccc1)NC(=O)C1=NOC(CCCCNc2ncc[nH]2)C1. The largest absolute Gasteiger partial charge is 0.481 e. The number of carbonyl (C=O) groups is 2. The quantitative estimate of drug-likeness (QED) is 0.316. The van der Waals surface area contributed by atoms with Gasteiger partial charge in [0.1, 0.15) is 11.8 Å². The first-order valence-corrected chi connectivity index (χ1v) is 12.2. The number of H-pyrrole nitrogens is 1. The van der Waals surface area contributed by atoms with Crippen molar-refractivity contribution in [3.63, 3.8) is 0 Å². The molecule has 2 unspecified atom stereocenters. The number of rotatable bonds is 13. The van der Waals surface area contributed by atoms with Crippen LogP contribution in [0.4, 0.5) is 5.95 Å². The Morgan fingerprint density at radius 2 is 2.03 bits per heavy atom. The van der Waals surface area contributed by atoms with Crippen LogP contribution in [0.5, 0.6) is 0 Å². The van der Waals surface area contributed by atoms with Gasteiger partial charge < -0.3 is 25.6 Å². The molecule has 3 rings (SSSR count). The van der Waals surface area contributed by atoms with Crippen LogP contribution in [0.3, 0.4) is 0 Å². The number of hydrogen-bond donors (Lipinski definition) is 4. The van der Waals surface area contributed by atoms with Crippen molar-refractivity contribution in [1.29, 1.82) is 0 Å². The zero-order valence-electron chi connectivity index (χ0n) is 17.9. The van der Waals surface area contributed by atoms with Crippen LogP contribution in [-0.4, -0.2) is 65.5 Å². The van der Waals surface area contributed by atoms with Crippen LogP contribution in [0.2, 0.25) is 0 Å². The summed E-state index contributed by atoms with van der Waals surface area (Å²) in [5.41, 5.74) is 0.126. The minimum Gasteiger partial charge on any atom is -0.481 e. The summed E-state index contributed by atoms with van der Waals surface area (Å²) in [6.07, 6.45) is 5.31. The van der Waals surface area contributed by atoms with E-state index in [0.29, 0.717) is 12.4 Å². The average molecular weight is 478 g/mol. The van der Waals surface area contributed by atoms with Gasteiger partial charge in [-0.15, -0.1) is 0 Å². The fraction of sp³-hybridized carbons (Fsp3) is 0.429. The topological polar surface area (TPSA) is 163 Å². The fourth-order valence-corrected chi connectivity index (χ4v) is 4.90. The maximum atomic E-state index is 12.6. The van der Waals surface area contributed by atoms with E-state index in [9.17, 15) is 18.0 Å². The molecule has 2 atom stereocenters. The van der Waals surface area contributed by atoms with E-state index in [-0.39, 0.29) is 23.1 Å². The molecule has 11 nitrogen and oxygen atoms in total. The molecule has 0 spiro atoms. The lowest BCUT2D eigenvalue weighted by Crippen LogP contribution is -2.44. The molecule has 0 bridgehead atoms. The Labute approximate surface area is 191 Å². The van der Waals surface area contributed by atoms with Gasteiger partial charge in [0, 0.05) is 25.4 Å². The molecule has 2 aromatic rings. The molecule has 1 aromatic carbocycles. The van der Waals surface area contributed by atoms with Gasteiger partial charge in [-0.05, 0) is 31.4 Å². The van der Waals surface area contributed by atoms with Gasteiger partial charge in [0.15, 0.2) is 15.8 Å². The first kappa shape index (κ1) is 24.2. The summed E-state index contributed by atoms with van der Waals surface area (Å²) in [5.74, 6) is -1.66. The monoisotopic (exact) mass is 477 g/mol. The number of sulfone groups is 1. The van der Waals surface area contributed by atoms with Crippen LogP contribution in [0, 0.1) is 0 Å². The second-order valence-electron chi connectivity index (χ2n) is 7.69. The molecular formula is C21H27N5O6S. The van der Waals surface area contributed by atoms with Crippen molar-refractivity contribution in [2.75, 3.05) is 17.6 Å². The van der Waals surface area contributed by atoms with Crippen LogP contribution < -0.4 is 10.6 Å². The molecule has 178 valence electrons. The first-order valence-electron chi connectivity index (χ1n) is 10.6. The second kappa shape index (κ2) is 11.5. The Balaban J connectivity index is 1.46. The molecule has 4 N–H and O–H groups in total. The summed E-state index contributed by atoms with van der Waals surface area (Å²) >= 11 is 0. The Morgan fingerprint density at radius 1 is 1.24 bits per heavy atom. The Morgan fingerprint density at radius 3 is 2.73 bits per heavy atom. The molecule has 2 heterocycles. The number of aromatic nitrogens is 2. The Kier molecular flexibility index (Phi) is 8.41. The van der Waals surface area contributed by atoms with Crippen LogP contribution in [-0.2, 0) is 24.3 Å². The molecule has 33 heavy (non-hydrogen) atoms. The number of carboxylic acid groups (broad SMARTS) is 1. The van der Waals surface area contributed by atoms with E-state index < -0.39 is 39.9 Å². The van der Waals surface area contributed by atoms with Gasteiger partial charge in [0.2, 0.25) is 0 Å². The normalized spacial score (nSPS) is 16.5. The van der Waals surface area contributed by atoms with Crippen molar-refractivity contribution in [2.24, 2.45) is 5.16 Å². The number of aromatic amines is 1.